The molecule has 1 aromatic carbocycles. The molecule has 0 bridgehead atoms. The molecule has 2 fully saturated rings. The van der Waals surface area contributed by atoms with Crippen molar-refractivity contribution >= 4 is 5.91 Å². The van der Waals surface area contributed by atoms with Crippen molar-refractivity contribution in [3.05, 3.63) is 29.3 Å². The Balaban J connectivity index is 1.76. The lowest BCUT2D eigenvalue weighted by Gasteiger charge is -2.41. The third-order valence-electron chi connectivity index (χ3n) is 4.87. The third-order valence-corrected chi connectivity index (χ3v) is 4.87. The summed E-state index contributed by atoms with van der Waals surface area (Å²) in [5.74, 6) is 1.22. The van der Waals surface area contributed by atoms with Crippen LogP contribution in [0.25, 0.3) is 0 Å². The van der Waals surface area contributed by atoms with Gasteiger partial charge in [0.1, 0.15) is 5.75 Å². The van der Waals surface area contributed by atoms with Gasteiger partial charge in [-0.05, 0) is 43.9 Å². The van der Waals surface area contributed by atoms with Crippen LogP contribution in [0.5, 0.6) is 5.75 Å². The molecule has 2 atom stereocenters. The van der Waals surface area contributed by atoms with Gasteiger partial charge in [-0.1, -0.05) is 12.1 Å². The minimum Gasteiger partial charge on any atom is -0.496 e. The Morgan fingerprint density at radius 1 is 1.38 bits per heavy atom. The SMILES string of the molecule is COc1cc(CN2C[C@@H]3CCCN3C(=O)[C@@H]2C)ccc1C. The quantitative estimate of drug-likeness (QED) is 0.855. The molecule has 3 rings (SSSR count). The number of amides is 1. The molecule has 4 nitrogen and oxygen atoms in total. The predicted molar refractivity (Wildman–Crippen MR) is 82.3 cm³/mol. The number of benzene rings is 1. The van der Waals surface area contributed by atoms with Crippen molar-refractivity contribution in [1.82, 2.24) is 9.80 Å². The van der Waals surface area contributed by atoms with E-state index in [0.29, 0.717) is 11.9 Å². The number of rotatable bonds is 3. The second kappa shape index (κ2) is 5.68. The monoisotopic (exact) mass is 288 g/mol. The standard InChI is InChI=1S/C17H24N2O2/c1-12-6-7-14(9-16(12)21-3)10-18-11-15-5-4-8-19(15)17(20)13(18)2/h6-7,9,13,15H,4-5,8,10-11H2,1-3H3/t13-,15-/m0/s1. The second-order valence-corrected chi connectivity index (χ2v) is 6.24. The summed E-state index contributed by atoms with van der Waals surface area (Å²) in [6.45, 7) is 6.82. The molecule has 0 aliphatic carbocycles. The number of ether oxygens (including phenoxy) is 1. The van der Waals surface area contributed by atoms with E-state index in [-0.39, 0.29) is 6.04 Å². The van der Waals surface area contributed by atoms with Crippen LogP contribution < -0.4 is 4.74 Å². The van der Waals surface area contributed by atoms with Crippen molar-refractivity contribution in [2.45, 2.75) is 45.3 Å². The van der Waals surface area contributed by atoms with Crippen molar-refractivity contribution in [2.24, 2.45) is 0 Å². The van der Waals surface area contributed by atoms with Crippen LogP contribution >= 0.6 is 0 Å². The summed E-state index contributed by atoms with van der Waals surface area (Å²) in [5.41, 5.74) is 2.36. The van der Waals surface area contributed by atoms with Crippen LogP contribution in [-0.2, 0) is 11.3 Å². The molecule has 0 spiro atoms. The van der Waals surface area contributed by atoms with Crippen LogP contribution in [0.3, 0.4) is 0 Å². The molecule has 0 unspecified atom stereocenters. The average molecular weight is 288 g/mol. The van der Waals surface area contributed by atoms with Crippen molar-refractivity contribution in [1.29, 1.82) is 0 Å². The van der Waals surface area contributed by atoms with E-state index in [2.05, 4.69) is 28.0 Å². The third kappa shape index (κ3) is 2.64. The number of nitrogens with zero attached hydrogens (tertiary/aromatic N) is 2. The maximum Gasteiger partial charge on any atom is 0.239 e. The van der Waals surface area contributed by atoms with Crippen molar-refractivity contribution in [3.8, 4) is 5.75 Å². The molecule has 0 saturated carbocycles. The van der Waals surface area contributed by atoms with E-state index in [0.717, 1.165) is 43.8 Å². The topological polar surface area (TPSA) is 32.8 Å². The predicted octanol–water partition coefficient (Wildman–Crippen LogP) is 2.20. The van der Waals surface area contributed by atoms with Gasteiger partial charge in [0.15, 0.2) is 0 Å². The summed E-state index contributed by atoms with van der Waals surface area (Å²) < 4.78 is 5.40. The normalized spacial score (nSPS) is 26.0. The van der Waals surface area contributed by atoms with Crippen molar-refractivity contribution < 1.29 is 9.53 Å². The number of hydrogen-bond donors (Lipinski definition) is 0. The van der Waals surface area contributed by atoms with Crippen LogP contribution in [0.1, 0.15) is 30.9 Å². The van der Waals surface area contributed by atoms with Gasteiger partial charge in [0.2, 0.25) is 5.91 Å². The van der Waals surface area contributed by atoms with Crippen LogP contribution in [0, 0.1) is 6.92 Å². The van der Waals surface area contributed by atoms with Gasteiger partial charge in [0.05, 0.1) is 13.2 Å². The Hall–Kier alpha value is -1.55. The molecule has 2 saturated heterocycles. The van der Waals surface area contributed by atoms with Gasteiger partial charge in [0, 0.05) is 25.7 Å². The van der Waals surface area contributed by atoms with E-state index in [4.69, 9.17) is 4.74 Å². The van der Waals surface area contributed by atoms with Gasteiger partial charge in [0.25, 0.3) is 0 Å². The molecular formula is C17H24N2O2. The summed E-state index contributed by atoms with van der Waals surface area (Å²) in [5, 5.41) is 0. The van der Waals surface area contributed by atoms with E-state index in [1.165, 1.54) is 5.56 Å². The molecule has 4 heteroatoms. The van der Waals surface area contributed by atoms with E-state index < -0.39 is 0 Å². The highest BCUT2D eigenvalue weighted by Gasteiger charge is 2.39. The summed E-state index contributed by atoms with van der Waals surface area (Å²) in [6, 6.07) is 6.71. The molecule has 0 aromatic heterocycles. The number of aryl methyl sites for hydroxylation is 1. The van der Waals surface area contributed by atoms with Crippen LogP contribution in [0.15, 0.2) is 18.2 Å². The van der Waals surface area contributed by atoms with Crippen LogP contribution in [-0.4, -0.2) is 48.0 Å². The van der Waals surface area contributed by atoms with Crippen molar-refractivity contribution in [3.63, 3.8) is 0 Å². The number of piperazine rings is 1. The van der Waals surface area contributed by atoms with Gasteiger partial charge in [-0.3, -0.25) is 9.69 Å². The summed E-state index contributed by atoms with van der Waals surface area (Å²) in [7, 11) is 1.70. The number of carbonyl (C=O) groups is 1. The second-order valence-electron chi connectivity index (χ2n) is 6.24. The zero-order chi connectivity index (χ0) is 15.0. The Bertz CT molecular complexity index is 544. The van der Waals surface area contributed by atoms with E-state index in [1.807, 2.05) is 13.8 Å². The molecule has 0 radical (unpaired) electrons. The number of carbonyl (C=O) groups excluding carboxylic acids is 1. The lowest BCUT2D eigenvalue weighted by Crippen LogP contribution is -2.58. The minimum atomic E-state index is -0.0216. The minimum absolute atomic E-state index is 0.0216. The highest BCUT2D eigenvalue weighted by atomic mass is 16.5. The van der Waals surface area contributed by atoms with Crippen molar-refractivity contribution in [2.75, 3.05) is 20.2 Å². The molecule has 2 aliphatic rings. The Morgan fingerprint density at radius 3 is 2.95 bits per heavy atom. The fourth-order valence-electron chi connectivity index (χ4n) is 3.54. The largest absolute Gasteiger partial charge is 0.496 e. The summed E-state index contributed by atoms with van der Waals surface area (Å²) >= 11 is 0. The zero-order valence-electron chi connectivity index (χ0n) is 13.1. The van der Waals surface area contributed by atoms with Gasteiger partial charge >= 0.3 is 0 Å². The molecule has 2 heterocycles. The first kappa shape index (κ1) is 14.4. The van der Waals surface area contributed by atoms with Gasteiger partial charge < -0.3 is 9.64 Å². The first-order valence-electron chi connectivity index (χ1n) is 7.78. The van der Waals surface area contributed by atoms with E-state index in [1.54, 1.807) is 7.11 Å². The fourth-order valence-corrected chi connectivity index (χ4v) is 3.54. The maximum absolute atomic E-state index is 12.4. The molecule has 114 valence electrons. The lowest BCUT2D eigenvalue weighted by molar-refractivity contribution is -0.143. The molecule has 1 amide bonds. The Labute approximate surface area is 126 Å². The van der Waals surface area contributed by atoms with Gasteiger partial charge in [-0.2, -0.15) is 0 Å². The van der Waals surface area contributed by atoms with Crippen LogP contribution in [0.2, 0.25) is 0 Å². The zero-order valence-corrected chi connectivity index (χ0v) is 13.1. The van der Waals surface area contributed by atoms with Gasteiger partial charge in [-0.25, -0.2) is 0 Å². The maximum atomic E-state index is 12.4. The number of hydrogen-bond acceptors (Lipinski definition) is 3. The fraction of sp³-hybridized carbons (Fsp3) is 0.588. The van der Waals surface area contributed by atoms with Crippen LogP contribution in [0.4, 0.5) is 0 Å². The number of fused-ring (bicyclic) bond motifs is 1. The Kier molecular flexibility index (Phi) is 3.89. The summed E-state index contributed by atoms with van der Waals surface area (Å²) in [4.78, 5) is 16.8. The highest BCUT2D eigenvalue weighted by Crippen LogP contribution is 2.27. The first-order valence-corrected chi connectivity index (χ1v) is 7.78. The molecule has 1 aromatic rings. The number of methoxy groups -OCH3 is 1. The average Bonchev–Trinajstić information content (AvgIpc) is 2.94. The first-order chi connectivity index (χ1) is 10.1. The van der Waals surface area contributed by atoms with Gasteiger partial charge in [-0.15, -0.1) is 0 Å². The molecule has 0 N–H and O–H groups in total. The highest BCUT2D eigenvalue weighted by molar-refractivity contribution is 5.83. The molecule has 21 heavy (non-hydrogen) atoms. The molecule has 2 aliphatic heterocycles. The summed E-state index contributed by atoms with van der Waals surface area (Å²) in [6.07, 6.45) is 2.29. The Morgan fingerprint density at radius 2 is 2.19 bits per heavy atom. The molecular weight excluding hydrogens is 264 g/mol. The lowest BCUT2D eigenvalue weighted by atomic mass is 10.0. The smallest absolute Gasteiger partial charge is 0.239 e. The van der Waals surface area contributed by atoms with E-state index in [9.17, 15) is 4.79 Å². The van der Waals surface area contributed by atoms with E-state index >= 15 is 0 Å².